The summed E-state index contributed by atoms with van der Waals surface area (Å²) < 4.78 is 5.04. The van der Waals surface area contributed by atoms with Crippen LogP contribution in [0.4, 0.5) is 0 Å². The fraction of sp³-hybridized carbons (Fsp3) is 0.545. The first-order chi connectivity index (χ1) is 14.1. The number of methoxy groups -OCH3 is 1. The van der Waals surface area contributed by atoms with Crippen molar-refractivity contribution in [2.45, 2.75) is 31.3 Å². The number of carbonyl (C=O) groups is 2. The van der Waals surface area contributed by atoms with E-state index in [2.05, 4.69) is 10.8 Å². The number of hydrogen-bond acceptors (Lipinski definition) is 5. The lowest BCUT2D eigenvalue weighted by atomic mass is 10.00. The second kappa shape index (κ2) is 10.1. The van der Waals surface area contributed by atoms with Gasteiger partial charge in [0.2, 0.25) is 5.91 Å². The Balaban J connectivity index is 1.68. The van der Waals surface area contributed by atoms with Crippen LogP contribution >= 0.6 is 11.6 Å². The average molecular weight is 418 g/mol. The number of amides is 1. The molecule has 29 heavy (non-hydrogen) atoms. The van der Waals surface area contributed by atoms with E-state index in [0.29, 0.717) is 37.7 Å². The van der Waals surface area contributed by atoms with E-state index in [4.69, 9.17) is 22.8 Å². The Hall–Kier alpha value is -2.07. The number of terminal acetylenes is 1. The maximum atomic E-state index is 13.1. The molecular formula is C22H28ClN3O3. The third-order valence-electron chi connectivity index (χ3n) is 5.81. The molecule has 0 aliphatic carbocycles. The predicted octanol–water partition coefficient (Wildman–Crippen LogP) is 2.19. The zero-order valence-electron chi connectivity index (χ0n) is 16.8. The first-order valence-electron chi connectivity index (χ1n) is 10.1. The summed E-state index contributed by atoms with van der Waals surface area (Å²) in [5.74, 6) is 2.48. The van der Waals surface area contributed by atoms with Gasteiger partial charge in [0.25, 0.3) is 0 Å². The van der Waals surface area contributed by atoms with Crippen molar-refractivity contribution in [2.24, 2.45) is 0 Å². The van der Waals surface area contributed by atoms with Gasteiger partial charge in [-0.25, -0.2) is 4.79 Å². The number of ether oxygens (including phenoxy) is 1. The van der Waals surface area contributed by atoms with Crippen molar-refractivity contribution >= 4 is 23.5 Å². The molecule has 0 spiro atoms. The van der Waals surface area contributed by atoms with Crippen molar-refractivity contribution in [2.75, 3.05) is 46.4 Å². The van der Waals surface area contributed by atoms with E-state index in [-0.39, 0.29) is 17.9 Å². The Morgan fingerprint density at radius 2 is 1.93 bits per heavy atom. The molecule has 156 valence electrons. The molecule has 2 aliphatic rings. The molecule has 0 bridgehead atoms. The molecule has 0 aromatic heterocycles. The average Bonchev–Trinajstić information content (AvgIpc) is 2.76. The lowest BCUT2D eigenvalue weighted by molar-refractivity contribution is -0.149. The largest absolute Gasteiger partial charge is 0.468 e. The summed E-state index contributed by atoms with van der Waals surface area (Å²) in [6.07, 6.45) is 8.47. The number of hydrogen-bond donors (Lipinski definition) is 0. The molecule has 2 saturated heterocycles. The van der Waals surface area contributed by atoms with Gasteiger partial charge in [-0.3, -0.25) is 14.6 Å². The Morgan fingerprint density at radius 3 is 2.59 bits per heavy atom. The smallest absolute Gasteiger partial charge is 0.327 e. The molecule has 1 aromatic carbocycles. The number of piperazine rings is 1. The van der Waals surface area contributed by atoms with Crippen LogP contribution in [0, 0.1) is 12.3 Å². The SMILES string of the molecule is C#CCN1CCCCC1C(=O)N1CCN(C(C(=O)OC)c2ccccc2Cl)CC1. The fourth-order valence-corrected chi connectivity index (χ4v) is 4.51. The first-order valence-corrected chi connectivity index (χ1v) is 10.5. The van der Waals surface area contributed by atoms with Gasteiger partial charge in [0, 0.05) is 31.2 Å². The molecule has 6 nitrogen and oxygen atoms in total. The predicted molar refractivity (Wildman–Crippen MR) is 112 cm³/mol. The van der Waals surface area contributed by atoms with Gasteiger partial charge in [-0.15, -0.1) is 6.42 Å². The summed E-state index contributed by atoms with van der Waals surface area (Å²) in [5, 5.41) is 0.536. The molecule has 2 atom stereocenters. The van der Waals surface area contributed by atoms with Crippen molar-refractivity contribution in [3.05, 3.63) is 34.9 Å². The third kappa shape index (κ3) is 4.92. The van der Waals surface area contributed by atoms with Crippen LogP contribution in [0.5, 0.6) is 0 Å². The standard InChI is InChI=1S/C22H28ClN3O3/c1-3-11-24-12-7-6-10-19(24)21(27)26-15-13-25(14-16-26)20(22(28)29-2)17-8-4-5-9-18(17)23/h1,4-5,8-9,19-20H,6-7,10-16H2,2H3. The number of piperidine rings is 1. The highest BCUT2D eigenvalue weighted by atomic mass is 35.5. The molecule has 2 heterocycles. The summed E-state index contributed by atoms with van der Waals surface area (Å²) in [6, 6.07) is 6.62. The van der Waals surface area contributed by atoms with E-state index >= 15 is 0 Å². The van der Waals surface area contributed by atoms with Crippen LogP contribution in [0.25, 0.3) is 0 Å². The van der Waals surface area contributed by atoms with Crippen molar-refractivity contribution in [3.8, 4) is 12.3 Å². The van der Waals surface area contributed by atoms with Gasteiger partial charge in [0.15, 0.2) is 0 Å². The second-order valence-corrected chi connectivity index (χ2v) is 7.90. The topological polar surface area (TPSA) is 53.1 Å². The van der Waals surface area contributed by atoms with Gasteiger partial charge < -0.3 is 9.64 Å². The molecule has 1 amide bonds. The molecule has 7 heteroatoms. The van der Waals surface area contributed by atoms with Crippen LogP contribution in [-0.2, 0) is 14.3 Å². The molecule has 2 fully saturated rings. The summed E-state index contributed by atoms with van der Waals surface area (Å²) in [5.41, 5.74) is 0.730. The second-order valence-electron chi connectivity index (χ2n) is 7.49. The highest BCUT2D eigenvalue weighted by molar-refractivity contribution is 6.31. The monoisotopic (exact) mass is 417 g/mol. The summed E-state index contributed by atoms with van der Waals surface area (Å²) in [7, 11) is 1.38. The fourth-order valence-electron chi connectivity index (χ4n) is 4.27. The van der Waals surface area contributed by atoms with Crippen LogP contribution in [0.2, 0.25) is 5.02 Å². The van der Waals surface area contributed by atoms with Crippen molar-refractivity contribution in [1.82, 2.24) is 14.7 Å². The van der Waals surface area contributed by atoms with Crippen LogP contribution in [0.15, 0.2) is 24.3 Å². The Kier molecular flexibility index (Phi) is 7.54. The molecular weight excluding hydrogens is 390 g/mol. The lowest BCUT2D eigenvalue weighted by Gasteiger charge is -2.42. The maximum Gasteiger partial charge on any atom is 0.327 e. The number of esters is 1. The van der Waals surface area contributed by atoms with Gasteiger partial charge in [0.1, 0.15) is 6.04 Å². The van der Waals surface area contributed by atoms with E-state index in [1.807, 2.05) is 28.0 Å². The highest BCUT2D eigenvalue weighted by Crippen LogP contribution is 2.30. The number of benzene rings is 1. The molecule has 0 N–H and O–H groups in total. The Labute approximate surface area is 177 Å². The molecule has 3 rings (SSSR count). The van der Waals surface area contributed by atoms with Crippen LogP contribution in [-0.4, -0.2) is 79.0 Å². The van der Waals surface area contributed by atoms with Crippen molar-refractivity contribution < 1.29 is 14.3 Å². The molecule has 1 aromatic rings. The van der Waals surface area contributed by atoms with Crippen LogP contribution in [0.1, 0.15) is 30.9 Å². The summed E-state index contributed by atoms with van der Waals surface area (Å²) in [6.45, 7) is 3.68. The van der Waals surface area contributed by atoms with Crippen LogP contribution in [0.3, 0.4) is 0 Å². The quantitative estimate of drug-likeness (QED) is 0.543. The van der Waals surface area contributed by atoms with Crippen LogP contribution < -0.4 is 0 Å². The number of nitrogens with zero attached hydrogens (tertiary/aromatic N) is 3. The zero-order valence-corrected chi connectivity index (χ0v) is 17.6. The minimum absolute atomic E-state index is 0.133. The number of carbonyl (C=O) groups excluding carboxylic acids is 2. The van der Waals surface area contributed by atoms with Crippen molar-refractivity contribution in [3.63, 3.8) is 0 Å². The molecule has 2 unspecified atom stereocenters. The van der Waals surface area contributed by atoms with Gasteiger partial charge in [-0.05, 0) is 31.0 Å². The number of halogens is 1. The minimum Gasteiger partial charge on any atom is -0.468 e. The van der Waals surface area contributed by atoms with E-state index in [1.165, 1.54) is 7.11 Å². The molecule has 2 aliphatic heterocycles. The van der Waals surface area contributed by atoms with Gasteiger partial charge in [0.05, 0.1) is 19.7 Å². The van der Waals surface area contributed by atoms with E-state index in [0.717, 1.165) is 31.4 Å². The van der Waals surface area contributed by atoms with E-state index in [9.17, 15) is 9.59 Å². The van der Waals surface area contributed by atoms with E-state index in [1.54, 1.807) is 6.07 Å². The third-order valence-corrected chi connectivity index (χ3v) is 6.15. The van der Waals surface area contributed by atoms with E-state index < -0.39 is 6.04 Å². The Bertz CT molecular complexity index is 771. The van der Waals surface area contributed by atoms with Gasteiger partial charge in [-0.1, -0.05) is 42.1 Å². The van der Waals surface area contributed by atoms with Crippen molar-refractivity contribution in [1.29, 1.82) is 0 Å². The number of likely N-dealkylation sites (tertiary alicyclic amines) is 1. The summed E-state index contributed by atoms with van der Waals surface area (Å²) >= 11 is 6.35. The molecule has 0 radical (unpaired) electrons. The molecule has 0 saturated carbocycles. The Morgan fingerprint density at radius 1 is 1.21 bits per heavy atom. The zero-order chi connectivity index (χ0) is 20.8. The highest BCUT2D eigenvalue weighted by Gasteiger charge is 2.36. The van der Waals surface area contributed by atoms with Gasteiger partial charge >= 0.3 is 5.97 Å². The minimum atomic E-state index is -0.571. The number of rotatable bonds is 5. The summed E-state index contributed by atoms with van der Waals surface area (Å²) in [4.78, 5) is 31.7. The first kappa shape index (κ1) is 21.6. The lowest BCUT2D eigenvalue weighted by Crippen LogP contribution is -2.57. The maximum absolute atomic E-state index is 13.1. The normalized spacial score (nSPS) is 22.0. The van der Waals surface area contributed by atoms with Gasteiger partial charge in [-0.2, -0.15) is 0 Å².